The lowest BCUT2D eigenvalue weighted by molar-refractivity contribution is 0.107. The molecule has 0 bridgehead atoms. The average molecular weight is 312 g/mol. The Morgan fingerprint density at radius 3 is 2.70 bits per heavy atom. The van der Waals surface area contributed by atoms with E-state index >= 15 is 0 Å². The maximum Gasteiger partial charge on any atom is 0.317 e. The van der Waals surface area contributed by atoms with Gasteiger partial charge in [-0.2, -0.15) is 0 Å². The normalized spacial score (nSPS) is 15.2. The van der Waals surface area contributed by atoms with Gasteiger partial charge in [-0.1, -0.05) is 30.3 Å². The third kappa shape index (κ3) is 4.42. The van der Waals surface area contributed by atoms with Gasteiger partial charge in [0.2, 0.25) is 5.88 Å². The van der Waals surface area contributed by atoms with E-state index in [9.17, 15) is 4.79 Å². The van der Waals surface area contributed by atoms with Gasteiger partial charge in [-0.3, -0.25) is 4.98 Å². The summed E-state index contributed by atoms with van der Waals surface area (Å²) in [5.41, 5.74) is 1.10. The van der Waals surface area contributed by atoms with E-state index < -0.39 is 0 Å². The number of carbonyl (C=O) groups is 1. The zero-order valence-electron chi connectivity index (χ0n) is 12.9. The molecular formula is C17H20N4O2. The average Bonchev–Trinajstić information content (AvgIpc) is 2.62. The van der Waals surface area contributed by atoms with Crippen molar-refractivity contribution in [3.63, 3.8) is 0 Å². The molecule has 3 rings (SSSR count). The SMILES string of the molecule is O=C(NCc1ccccc1)N1CCC(Oc2cnccn2)CC1. The number of amides is 2. The largest absolute Gasteiger partial charge is 0.473 e. The van der Waals surface area contributed by atoms with Gasteiger partial charge in [0.05, 0.1) is 6.20 Å². The van der Waals surface area contributed by atoms with Crippen LogP contribution < -0.4 is 10.1 Å². The first-order valence-corrected chi connectivity index (χ1v) is 7.80. The highest BCUT2D eigenvalue weighted by Crippen LogP contribution is 2.16. The zero-order valence-corrected chi connectivity index (χ0v) is 12.9. The third-order valence-electron chi connectivity index (χ3n) is 3.84. The fourth-order valence-electron chi connectivity index (χ4n) is 2.58. The number of likely N-dealkylation sites (tertiary alicyclic amines) is 1. The summed E-state index contributed by atoms with van der Waals surface area (Å²) in [5.74, 6) is 0.541. The second-order valence-electron chi connectivity index (χ2n) is 5.49. The molecule has 1 saturated heterocycles. The molecule has 0 saturated carbocycles. The summed E-state index contributed by atoms with van der Waals surface area (Å²) in [6, 6.07) is 9.88. The number of hydrogen-bond donors (Lipinski definition) is 1. The van der Waals surface area contributed by atoms with E-state index in [0.717, 1.165) is 18.4 Å². The van der Waals surface area contributed by atoms with Crippen molar-refractivity contribution < 1.29 is 9.53 Å². The van der Waals surface area contributed by atoms with Crippen molar-refractivity contribution >= 4 is 6.03 Å². The second-order valence-corrected chi connectivity index (χ2v) is 5.49. The Hall–Kier alpha value is -2.63. The number of nitrogens with zero attached hydrogens (tertiary/aromatic N) is 3. The highest BCUT2D eigenvalue weighted by molar-refractivity contribution is 5.74. The Balaban J connectivity index is 1.42. The molecule has 0 unspecified atom stereocenters. The quantitative estimate of drug-likeness (QED) is 0.940. The predicted molar refractivity (Wildman–Crippen MR) is 85.9 cm³/mol. The van der Waals surface area contributed by atoms with Gasteiger partial charge in [0.25, 0.3) is 0 Å². The number of ether oxygens (including phenoxy) is 1. The van der Waals surface area contributed by atoms with Crippen molar-refractivity contribution in [2.45, 2.75) is 25.5 Å². The van der Waals surface area contributed by atoms with Crippen LogP contribution in [0.2, 0.25) is 0 Å². The van der Waals surface area contributed by atoms with Crippen LogP contribution in [0.3, 0.4) is 0 Å². The maximum absolute atomic E-state index is 12.2. The minimum absolute atomic E-state index is 0.0215. The molecule has 6 heteroatoms. The molecule has 0 atom stereocenters. The van der Waals surface area contributed by atoms with Crippen molar-refractivity contribution in [1.82, 2.24) is 20.2 Å². The van der Waals surface area contributed by atoms with Gasteiger partial charge < -0.3 is 15.0 Å². The molecule has 1 aromatic heterocycles. The maximum atomic E-state index is 12.2. The van der Waals surface area contributed by atoms with Gasteiger partial charge in [-0.15, -0.1) is 0 Å². The van der Waals surface area contributed by atoms with E-state index in [0.29, 0.717) is 25.5 Å². The second kappa shape index (κ2) is 7.58. The summed E-state index contributed by atoms with van der Waals surface area (Å²) in [7, 11) is 0. The van der Waals surface area contributed by atoms with Crippen LogP contribution in [0.15, 0.2) is 48.9 Å². The summed E-state index contributed by atoms with van der Waals surface area (Å²) >= 11 is 0. The number of benzene rings is 1. The van der Waals surface area contributed by atoms with Crippen LogP contribution in [0.1, 0.15) is 18.4 Å². The molecule has 1 N–H and O–H groups in total. The topological polar surface area (TPSA) is 67.4 Å². The Labute approximate surface area is 135 Å². The van der Waals surface area contributed by atoms with Crippen LogP contribution in [0.4, 0.5) is 4.79 Å². The van der Waals surface area contributed by atoms with E-state index in [1.165, 1.54) is 0 Å². The van der Waals surface area contributed by atoms with Crippen LogP contribution in [-0.4, -0.2) is 40.1 Å². The molecule has 23 heavy (non-hydrogen) atoms. The molecule has 1 aliphatic heterocycles. The Bertz CT molecular complexity index is 613. The zero-order chi connectivity index (χ0) is 15.9. The molecule has 1 aliphatic rings. The van der Waals surface area contributed by atoms with Crippen molar-refractivity contribution in [2.75, 3.05) is 13.1 Å². The van der Waals surface area contributed by atoms with E-state index in [-0.39, 0.29) is 12.1 Å². The molecular weight excluding hydrogens is 292 g/mol. The van der Waals surface area contributed by atoms with Crippen LogP contribution in [0.5, 0.6) is 5.88 Å². The Morgan fingerprint density at radius 1 is 1.22 bits per heavy atom. The Kier molecular flexibility index (Phi) is 5.03. The van der Waals surface area contributed by atoms with E-state index in [4.69, 9.17) is 4.74 Å². The van der Waals surface area contributed by atoms with Crippen LogP contribution in [-0.2, 0) is 6.54 Å². The molecule has 0 spiro atoms. The minimum atomic E-state index is -0.0215. The van der Waals surface area contributed by atoms with Crippen LogP contribution >= 0.6 is 0 Å². The number of carbonyl (C=O) groups excluding carboxylic acids is 1. The van der Waals surface area contributed by atoms with Gasteiger partial charge >= 0.3 is 6.03 Å². The highest BCUT2D eigenvalue weighted by atomic mass is 16.5. The van der Waals surface area contributed by atoms with Crippen LogP contribution in [0, 0.1) is 0 Å². The summed E-state index contributed by atoms with van der Waals surface area (Å²) in [4.78, 5) is 22.1. The van der Waals surface area contributed by atoms with Gasteiger partial charge in [-0.05, 0) is 5.56 Å². The lowest BCUT2D eigenvalue weighted by atomic mass is 10.1. The van der Waals surface area contributed by atoms with Gasteiger partial charge in [0.15, 0.2) is 0 Å². The summed E-state index contributed by atoms with van der Waals surface area (Å²) < 4.78 is 5.78. The number of rotatable bonds is 4. The molecule has 2 aromatic rings. The standard InChI is InChI=1S/C17H20N4O2/c22-17(20-12-14-4-2-1-3-5-14)21-10-6-15(7-11-21)23-16-13-18-8-9-19-16/h1-5,8-9,13,15H,6-7,10-12H2,(H,20,22). The molecule has 0 radical (unpaired) electrons. The fourth-order valence-corrected chi connectivity index (χ4v) is 2.58. The van der Waals surface area contributed by atoms with Gasteiger partial charge in [0, 0.05) is 44.9 Å². The highest BCUT2D eigenvalue weighted by Gasteiger charge is 2.24. The third-order valence-corrected chi connectivity index (χ3v) is 3.84. The lowest BCUT2D eigenvalue weighted by Crippen LogP contribution is -2.46. The molecule has 2 heterocycles. The van der Waals surface area contributed by atoms with Gasteiger partial charge in [0.1, 0.15) is 6.10 Å². The number of hydrogen-bond acceptors (Lipinski definition) is 4. The van der Waals surface area contributed by atoms with Crippen molar-refractivity contribution in [2.24, 2.45) is 0 Å². The number of aromatic nitrogens is 2. The predicted octanol–water partition coefficient (Wildman–Crippen LogP) is 2.23. The first-order valence-electron chi connectivity index (χ1n) is 7.80. The molecule has 120 valence electrons. The number of urea groups is 1. The minimum Gasteiger partial charge on any atom is -0.473 e. The first-order chi connectivity index (χ1) is 11.3. The van der Waals surface area contributed by atoms with E-state index in [1.807, 2.05) is 35.2 Å². The summed E-state index contributed by atoms with van der Waals surface area (Å²) in [6.07, 6.45) is 6.53. The smallest absolute Gasteiger partial charge is 0.317 e. The summed E-state index contributed by atoms with van der Waals surface area (Å²) in [5, 5.41) is 2.96. The van der Waals surface area contributed by atoms with Gasteiger partial charge in [-0.25, -0.2) is 9.78 Å². The molecule has 1 fully saturated rings. The van der Waals surface area contributed by atoms with Crippen molar-refractivity contribution in [3.05, 3.63) is 54.5 Å². The molecule has 2 amide bonds. The molecule has 1 aromatic carbocycles. The molecule has 0 aliphatic carbocycles. The number of nitrogens with one attached hydrogen (secondary N) is 1. The first kappa shape index (κ1) is 15.3. The molecule has 6 nitrogen and oxygen atoms in total. The lowest BCUT2D eigenvalue weighted by Gasteiger charge is -2.31. The van der Waals surface area contributed by atoms with E-state index in [2.05, 4.69) is 15.3 Å². The van der Waals surface area contributed by atoms with Crippen molar-refractivity contribution in [1.29, 1.82) is 0 Å². The van der Waals surface area contributed by atoms with E-state index in [1.54, 1.807) is 18.6 Å². The fraction of sp³-hybridized carbons (Fsp3) is 0.353. The number of piperidine rings is 1. The monoisotopic (exact) mass is 312 g/mol. The van der Waals surface area contributed by atoms with Crippen molar-refractivity contribution in [3.8, 4) is 5.88 Å². The van der Waals surface area contributed by atoms with Crippen LogP contribution in [0.25, 0.3) is 0 Å². The summed E-state index contributed by atoms with van der Waals surface area (Å²) in [6.45, 7) is 1.92. The Morgan fingerprint density at radius 2 is 2.00 bits per heavy atom.